The number of hydrogen-bond donors (Lipinski definition) is 1. The Balaban J connectivity index is 1.65. The van der Waals surface area contributed by atoms with Gasteiger partial charge in [0.25, 0.3) is 5.91 Å². The molecule has 5 nitrogen and oxygen atoms in total. The summed E-state index contributed by atoms with van der Waals surface area (Å²) >= 11 is 5.85. The third kappa shape index (κ3) is 3.99. The van der Waals surface area contributed by atoms with E-state index < -0.39 is 6.04 Å². The maximum absolute atomic E-state index is 12.8. The van der Waals surface area contributed by atoms with Gasteiger partial charge in [-0.1, -0.05) is 29.3 Å². The number of halogens is 1. The highest BCUT2D eigenvalue weighted by molar-refractivity contribution is 6.30. The third-order valence-corrected chi connectivity index (χ3v) is 4.51. The molecule has 0 bridgehead atoms. The maximum Gasteiger partial charge on any atom is 0.254 e. The average molecular weight is 373 g/mol. The van der Waals surface area contributed by atoms with Crippen LogP contribution in [-0.4, -0.2) is 25.0 Å². The second kappa shape index (κ2) is 7.79. The standard InChI is InChI=1S/C20H21ClN2O3/c1-13-4-9-18-17(12-13)19(22-14(2)24)20(25)23(18)10-3-11-26-16-7-5-15(21)6-8-16/h4-9,12,19H,3,10-11H2,1-2H3,(H,22,24). The molecule has 1 aliphatic rings. The van der Waals surface area contributed by atoms with Crippen LogP contribution < -0.4 is 15.0 Å². The maximum atomic E-state index is 12.8. The van der Waals surface area contributed by atoms with Gasteiger partial charge in [0, 0.05) is 29.7 Å². The van der Waals surface area contributed by atoms with Gasteiger partial charge in [0.1, 0.15) is 11.8 Å². The van der Waals surface area contributed by atoms with Crippen molar-refractivity contribution in [1.29, 1.82) is 0 Å². The van der Waals surface area contributed by atoms with Gasteiger partial charge in [-0.2, -0.15) is 0 Å². The Bertz CT molecular complexity index is 820. The van der Waals surface area contributed by atoms with Crippen LogP contribution in [0.2, 0.25) is 5.02 Å². The first kappa shape index (κ1) is 18.3. The molecule has 3 rings (SSSR count). The lowest BCUT2D eigenvalue weighted by Gasteiger charge is -2.18. The van der Waals surface area contributed by atoms with Crippen LogP contribution >= 0.6 is 11.6 Å². The topological polar surface area (TPSA) is 58.6 Å². The highest BCUT2D eigenvalue weighted by atomic mass is 35.5. The van der Waals surface area contributed by atoms with Gasteiger partial charge in [-0.25, -0.2) is 0 Å². The predicted octanol–water partition coefficient (Wildman–Crippen LogP) is 3.64. The van der Waals surface area contributed by atoms with Crippen molar-refractivity contribution in [2.24, 2.45) is 0 Å². The molecule has 26 heavy (non-hydrogen) atoms. The summed E-state index contributed by atoms with van der Waals surface area (Å²) in [6.45, 7) is 4.40. The number of fused-ring (bicyclic) bond motifs is 1. The fourth-order valence-corrected chi connectivity index (χ4v) is 3.20. The minimum absolute atomic E-state index is 0.104. The van der Waals surface area contributed by atoms with E-state index in [1.165, 1.54) is 6.92 Å². The van der Waals surface area contributed by atoms with Gasteiger partial charge in [-0.05, 0) is 43.7 Å². The van der Waals surface area contributed by atoms with Crippen LogP contribution in [0.5, 0.6) is 5.75 Å². The van der Waals surface area contributed by atoms with Gasteiger partial charge in [-0.3, -0.25) is 9.59 Å². The van der Waals surface area contributed by atoms with E-state index in [0.717, 1.165) is 22.6 Å². The fourth-order valence-electron chi connectivity index (χ4n) is 3.08. The molecule has 0 aromatic heterocycles. The number of benzene rings is 2. The quantitative estimate of drug-likeness (QED) is 0.787. The van der Waals surface area contributed by atoms with Crippen molar-refractivity contribution in [2.45, 2.75) is 26.3 Å². The van der Waals surface area contributed by atoms with E-state index >= 15 is 0 Å². The van der Waals surface area contributed by atoms with Crippen molar-refractivity contribution >= 4 is 29.1 Å². The van der Waals surface area contributed by atoms with Gasteiger partial charge >= 0.3 is 0 Å². The number of aryl methyl sites for hydroxylation is 1. The molecule has 1 N–H and O–H groups in total. The minimum Gasteiger partial charge on any atom is -0.494 e. The molecule has 2 aromatic rings. The van der Waals surface area contributed by atoms with Crippen LogP contribution in [0.15, 0.2) is 42.5 Å². The summed E-state index contributed by atoms with van der Waals surface area (Å²) in [4.78, 5) is 26.0. The van der Waals surface area contributed by atoms with Crippen molar-refractivity contribution in [3.05, 3.63) is 58.6 Å². The van der Waals surface area contributed by atoms with E-state index in [2.05, 4.69) is 5.32 Å². The molecule has 0 fully saturated rings. The lowest BCUT2D eigenvalue weighted by molar-refractivity contribution is -0.126. The molecular formula is C20H21ClN2O3. The number of carbonyl (C=O) groups is 2. The Morgan fingerprint density at radius 1 is 1.23 bits per heavy atom. The zero-order chi connectivity index (χ0) is 18.7. The fraction of sp³-hybridized carbons (Fsp3) is 0.300. The third-order valence-electron chi connectivity index (χ3n) is 4.25. The molecule has 0 saturated carbocycles. The van der Waals surface area contributed by atoms with Crippen molar-refractivity contribution in [3.8, 4) is 5.75 Å². The van der Waals surface area contributed by atoms with Crippen molar-refractivity contribution in [2.75, 3.05) is 18.1 Å². The summed E-state index contributed by atoms with van der Waals surface area (Å²) in [5.41, 5.74) is 2.76. The molecule has 1 heterocycles. The number of nitrogens with zero attached hydrogens (tertiary/aromatic N) is 1. The van der Waals surface area contributed by atoms with E-state index in [1.54, 1.807) is 17.0 Å². The molecule has 136 valence electrons. The van der Waals surface area contributed by atoms with Crippen molar-refractivity contribution in [1.82, 2.24) is 5.32 Å². The lowest BCUT2D eigenvalue weighted by Crippen LogP contribution is -2.37. The summed E-state index contributed by atoms with van der Waals surface area (Å²) < 4.78 is 5.69. The molecule has 0 spiro atoms. The number of anilines is 1. The lowest BCUT2D eigenvalue weighted by atomic mass is 10.1. The number of ether oxygens (including phenoxy) is 1. The van der Waals surface area contributed by atoms with Crippen LogP contribution in [-0.2, 0) is 9.59 Å². The van der Waals surface area contributed by atoms with Crippen LogP contribution in [0.4, 0.5) is 5.69 Å². The molecular weight excluding hydrogens is 352 g/mol. The van der Waals surface area contributed by atoms with Gasteiger partial charge in [0.15, 0.2) is 0 Å². The Morgan fingerprint density at radius 3 is 2.65 bits per heavy atom. The molecule has 0 aliphatic carbocycles. The van der Waals surface area contributed by atoms with E-state index in [0.29, 0.717) is 24.6 Å². The normalized spacial score (nSPS) is 15.7. The largest absolute Gasteiger partial charge is 0.494 e. The summed E-state index contributed by atoms with van der Waals surface area (Å²) in [5, 5.41) is 3.42. The second-order valence-electron chi connectivity index (χ2n) is 6.34. The van der Waals surface area contributed by atoms with Crippen LogP contribution in [0.25, 0.3) is 0 Å². The summed E-state index contributed by atoms with van der Waals surface area (Å²) in [5.74, 6) is 0.422. The highest BCUT2D eigenvalue weighted by Gasteiger charge is 2.37. The Kier molecular flexibility index (Phi) is 5.47. The van der Waals surface area contributed by atoms with Gasteiger partial charge in [0.05, 0.1) is 6.61 Å². The molecule has 6 heteroatoms. The van der Waals surface area contributed by atoms with E-state index in [9.17, 15) is 9.59 Å². The smallest absolute Gasteiger partial charge is 0.254 e. The van der Waals surface area contributed by atoms with E-state index in [4.69, 9.17) is 16.3 Å². The zero-order valence-electron chi connectivity index (χ0n) is 14.8. The van der Waals surface area contributed by atoms with Crippen LogP contribution in [0, 0.1) is 6.92 Å². The number of amides is 2. The second-order valence-corrected chi connectivity index (χ2v) is 6.78. The Morgan fingerprint density at radius 2 is 1.96 bits per heavy atom. The molecule has 1 unspecified atom stereocenters. The Labute approximate surface area is 157 Å². The van der Waals surface area contributed by atoms with E-state index in [-0.39, 0.29) is 11.8 Å². The molecule has 0 radical (unpaired) electrons. The van der Waals surface area contributed by atoms with Crippen molar-refractivity contribution in [3.63, 3.8) is 0 Å². The van der Waals surface area contributed by atoms with E-state index in [1.807, 2.05) is 37.3 Å². The van der Waals surface area contributed by atoms with Gasteiger partial charge in [0.2, 0.25) is 5.91 Å². The number of carbonyl (C=O) groups excluding carboxylic acids is 2. The molecule has 2 aromatic carbocycles. The minimum atomic E-state index is -0.611. The summed E-state index contributed by atoms with van der Waals surface area (Å²) in [7, 11) is 0. The van der Waals surface area contributed by atoms with Gasteiger partial charge in [-0.15, -0.1) is 0 Å². The summed E-state index contributed by atoms with van der Waals surface area (Å²) in [6.07, 6.45) is 0.675. The first-order chi connectivity index (χ1) is 12.5. The first-order valence-corrected chi connectivity index (χ1v) is 8.91. The number of nitrogens with one attached hydrogen (secondary N) is 1. The SMILES string of the molecule is CC(=O)NC1C(=O)N(CCCOc2ccc(Cl)cc2)c2ccc(C)cc21. The molecule has 1 atom stereocenters. The molecule has 2 amide bonds. The number of hydrogen-bond acceptors (Lipinski definition) is 3. The van der Waals surface area contributed by atoms with Crippen LogP contribution in [0.1, 0.15) is 30.5 Å². The predicted molar refractivity (Wildman–Crippen MR) is 102 cm³/mol. The van der Waals surface area contributed by atoms with Crippen LogP contribution in [0.3, 0.4) is 0 Å². The van der Waals surface area contributed by atoms with Gasteiger partial charge < -0.3 is 15.0 Å². The summed E-state index contributed by atoms with van der Waals surface area (Å²) in [6, 6.07) is 12.4. The molecule has 1 aliphatic heterocycles. The highest BCUT2D eigenvalue weighted by Crippen LogP contribution is 2.36. The number of rotatable bonds is 6. The monoisotopic (exact) mass is 372 g/mol. The molecule has 0 saturated heterocycles. The zero-order valence-corrected chi connectivity index (χ0v) is 15.5. The first-order valence-electron chi connectivity index (χ1n) is 8.53. The Hall–Kier alpha value is -2.53. The van der Waals surface area contributed by atoms with Crippen molar-refractivity contribution < 1.29 is 14.3 Å². The average Bonchev–Trinajstić information content (AvgIpc) is 2.84.